The third kappa shape index (κ3) is 5.60. The van der Waals surface area contributed by atoms with Gasteiger partial charge in [-0.05, 0) is 47.9 Å². The van der Waals surface area contributed by atoms with Crippen molar-refractivity contribution in [1.29, 1.82) is 0 Å². The lowest BCUT2D eigenvalue weighted by atomic mass is 10.3. The Hall–Kier alpha value is -2.32. The van der Waals surface area contributed by atoms with Gasteiger partial charge < -0.3 is 9.15 Å². The van der Waals surface area contributed by atoms with E-state index in [1.54, 1.807) is 30.2 Å². The van der Waals surface area contributed by atoms with Gasteiger partial charge in [0, 0.05) is 16.2 Å². The number of aromatic nitrogens is 2. The molecule has 8 heteroatoms. The fourth-order valence-corrected chi connectivity index (χ4v) is 3.76. The van der Waals surface area contributed by atoms with E-state index in [9.17, 15) is 4.79 Å². The van der Waals surface area contributed by atoms with Crippen molar-refractivity contribution in [3.8, 4) is 5.75 Å². The first-order valence-corrected chi connectivity index (χ1v) is 10.0. The van der Waals surface area contributed by atoms with Gasteiger partial charge in [-0.3, -0.25) is 10.1 Å². The Bertz CT molecular complexity index is 817. The van der Waals surface area contributed by atoms with E-state index in [1.807, 2.05) is 41.8 Å². The van der Waals surface area contributed by atoms with Crippen LogP contribution in [0.4, 0.5) is 6.01 Å². The minimum atomic E-state index is -0.119. The summed E-state index contributed by atoms with van der Waals surface area (Å²) in [5, 5.41) is 12.5. The van der Waals surface area contributed by atoms with Crippen LogP contribution in [0.15, 0.2) is 51.1 Å². The molecular weight excluding hydrogens is 370 g/mol. The molecule has 0 atom stereocenters. The Kier molecular flexibility index (Phi) is 6.68. The van der Waals surface area contributed by atoms with Crippen molar-refractivity contribution in [2.45, 2.75) is 24.2 Å². The van der Waals surface area contributed by atoms with Crippen molar-refractivity contribution in [2.75, 3.05) is 18.2 Å². The predicted octanol–water partition coefficient (Wildman–Crippen LogP) is 4.24. The van der Waals surface area contributed by atoms with Gasteiger partial charge >= 0.3 is 6.01 Å². The molecule has 1 amide bonds. The number of thioether (sulfide) groups is 1. The number of nitrogens with zero attached hydrogens (tertiary/aromatic N) is 2. The van der Waals surface area contributed by atoms with Gasteiger partial charge in [-0.1, -0.05) is 11.2 Å². The van der Waals surface area contributed by atoms with Crippen LogP contribution < -0.4 is 10.1 Å². The summed E-state index contributed by atoms with van der Waals surface area (Å²) in [6, 6.07) is 12.0. The minimum absolute atomic E-state index is 0.119. The van der Waals surface area contributed by atoms with Gasteiger partial charge in [0.25, 0.3) is 0 Å². The molecule has 0 aliphatic rings. The van der Waals surface area contributed by atoms with Crippen molar-refractivity contribution in [3.63, 3.8) is 0 Å². The highest BCUT2D eigenvalue weighted by atomic mass is 32.2. The molecule has 0 unspecified atom stereocenters. The highest BCUT2D eigenvalue weighted by molar-refractivity contribution is 7.99. The average Bonchev–Trinajstić information content (AvgIpc) is 3.32. The van der Waals surface area contributed by atoms with Crippen LogP contribution in [0.5, 0.6) is 5.75 Å². The minimum Gasteiger partial charge on any atom is -0.497 e. The Morgan fingerprint density at radius 2 is 2.12 bits per heavy atom. The predicted molar refractivity (Wildman–Crippen MR) is 103 cm³/mol. The van der Waals surface area contributed by atoms with E-state index in [2.05, 4.69) is 15.5 Å². The largest absolute Gasteiger partial charge is 0.497 e. The van der Waals surface area contributed by atoms with Crippen molar-refractivity contribution in [3.05, 3.63) is 52.5 Å². The van der Waals surface area contributed by atoms with Crippen LogP contribution in [0.25, 0.3) is 0 Å². The first-order chi connectivity index (χ1) is 12.7. The zero-order chi connectivity index (χ0) is 18.2. The van der Waals surface area contributed by atoms with E-state index in [0.29, 0.717) is 18.7 Å². The fraction of sp³-hybridized carbons (Fsp3) is 0.278. The van der Waals surface area contributed by atoms with E-state index in [-0.39, 0.29) is 11.9 Å². The molecule has 0 saturated heterocycles. The van der Waals surface area contributed by atoms with E-state index in [0.717, 1.165) is 27.7 Å². The van der Waals surface area contributed by atoms with Gasteiger partial charge in [0.05, 0.1) is 13.5 Å². The summed E-state index contributed by atoms with van der Waals surface area (Å²) < 4.78 is 10.6. The van der Waals surface area contributed by atoms with Crippen LogP contribution in [-0.4, -0.2) is 29.0 Å². The molecule has 26 heavy (non-hydrogen) atoms. The molecule has 2 heterocycles. The number of nitrogens with one attached hydrogen (secondary N) is 1. The van der Waals surface area contributed by atoms with Gasteiger partial charge in [0.2, 0.25) is 11.8 Å². The number of carbonyl (C=O) groups is 1. The Morgan fingerprint density at radius 3 is 2.85 bits per heavy atom. The van der Waals surface area contributed by atoms with Gasteiger partial charge in [0.1, 0.15) is 5.75 Å². The lowest BCUT2D eigenvalue weighted by Crippen LogP contribution is -2.11. The van der Waals surface area contributed by atoms with Gasteiger partial charge in [-0.15, -0.1) is 28.2 Å². The molecule has 0 aliphatic heterocycles. The molecular formula is C18H19N3O3S2. The number of benzene rings is 1. The molecule has 3 aromatic rings. The Morgan fingerprint density at radius 1 is 1.27 bits per heavy atom. The monoisotopic (exact) mass is 389 g/mol. The summed E-state index contributed by atoms with van der Waals surface area (Å²) >= 11 is 3.34. The standard InChI is InChI=1S/C18H19N3O3S2/c1-23-13-6-8-14(9-7-13)25-11-3-5-16(22)19-18-21-20-17(24-18)12-15-4-2-10-26-15/h2,4,6-10H,3,5,11-12H2,1H3,(H,19,21,22). The number of hydrogen-bond donors (Lipinski definition) is 1. The Balaban J connectivity index is 1.36. The lowest BCUT2D eigenvalue weighted by Gasteiger charge is -2.03. The van der Waals surface area contributed by atoms with Crippen molar-refractivity contribution in [2.24, 2.45) is 0 Å². The quantitative estimate of drug-likeness (QED) is 0.436. The molecule has 0 spiro atoms. The number of rotatable bonds is 9. The zero-order valence-corrected chi connectivity index (χ0v) is 15.9. The van der Waals surface area contributed by atoms with Crippen LogP contribution >= 0.6 is 23.1 Å². The summed E-state index contributed by atoms with van der Waals surface area (Å²) in [5.41, 5.74) is 0. The molecule has 0 bridgehead atoms. The summed E-state index contributed by atoms with van der Waals surface area (Å²) in [6.45, 7) is 0. The summed E-state index contributed by atoms with van der Waals surface area (Å²) in [6.07, 6.45) is 1.75. The maximum atomic E-state index is 12.0. The highest BCUT2D eigenvalue weighted by Crippen LogP contribution is 2.22. The van der Waals surface area contributed by atoms with Crippen LogP contribution in [-0.2, 0) is 11.2 Å². The number of ether oxygens (including phenoxy) is 1. The third-order valence-electron chi connectivity index (χ3n) is 3.50. The number of hydrogen-bond acceptors (Lipinski definition) is 7. The highest BCUT2D eigenvalue weighted by Gasteiger charge is 2.10. The van der Waals surface area contributed by atoms with Gasteiger partial charge in [-0.2, -0.15) is 0 Å². The molecule has 0 saturated carbocycles. The molecule has 2 aromatic heterocycles. The van der Waals surface area contributed by atoms with Crippen LogP contribution in [0.2, 0.25) is 0 Å². The summed E-state index contributed by atoms with van der Waals surface area (Å²) in [7, 11) is 1.65. The molecule has 0 radical (unpaired) electrons. The number of carbonyl (C=O) groups excluding carboxylic acids is 1. The topological polar surface area (TPSA) is 77.2 Å². The van der Waals surface area contributed by atoms with Gasteiger partial charge in [0.15, 0.2) is 0 Å². The van der Waals surface area contributed by atoms with Crippen molar-refractivity contribution < 1.29 is 13.9 Å². The normalized spacial score (nSPS) is 10.7. The van der Waals surface area contributed by atoms with E-state index < -0.39 is 0 Å². The van der Waals surface area contributed by atoms with E-state index >= 15 is 0 Å². The number of anilines is 1. The van der Waals surface area contributed by atoms with Crippen LogP contribution in [0.1, 0.15) is 23.6 Å². The first-order valence-electron chi connectivity index (χ1n) is 8.14. The summed E-state index contributed by atoms with van der Waals surface area (Å²) in [5.74, 6) is 2.07. The first kappa shape index (κ1) is 18.5. The smallest absolute Gasteiger partial charge is 0.322 e. The second-order valence-corrected chi connectivity index (χ2v) is 7.63. The van der Waals surface area contributed by atoms with Crippen LogP contribution in [0.3, 0.4) is 0 Å². The summed E-state index contributed by atoms with van der Waals surface area (Å²) in [4.78, 5) is 14.3. The van der Waals surface area contributed by atoms with E-state index in [1.165, 1.54) is 0 Å². The average molecular weight is 390 g/mol. The lowest BCUT2D eigenvalue weighted by molar-refractivity contribution is -0.116. The maximum absolute atomic E-state index is 12.0. The van der Waals surface area contributed by atoms with Gasteiger partial charge in [-0.25, -0.2) is 0 Å². The number of amides is 1. The van der Waals surface area contributed by atoms with Crippen LogP contribution in [0, 0.1) is 0 Å². The number of thiophene rings is 1. The SMILES string of the molecule is COc1ccc(SCCCC(=O)Nc2nnc(Cc3cccs3)o2)cc1. The van der Waals surface area contributed by atoms with E-state index in [4.69, 9.17) is 9.15 Å². The maximum Gasteiger partial charge on any atom is 0.322 e. The second-order valence-electron chi connectivity index (χ2n) is 5.43. The molecule has 0 fully saturated rings. The number of methoxy groups -OCH3 is 1. The molecule has 136 valence electrons. The zero-order valence-electron chi connectivity index (χ0n) is 14.3. The molecule has 3 rings (SSSR count). The van der Waals surface area contributed by atoms with Crippen molar-refractivity contribution in [1.82, 2.24) is 10.2 Å². The second kappa shape index (κ2) is 9.40. The Labute approximate surface area is 160 Å². The van der Waals surface area contributed by atoms with Crippen molar-refractivity contribution >= 4 is 35.0 Å². The fourth-order valence-electron chi connectivity index (χ4n) is 2.21. The molecule has 1 aromatic carbocycles. The molecule has 1 N–H and O–H groups in total. The third-order valence-corrected chi connectivity index (χ3v) is 5.47. The molecule has 0 aliphatic carbocycles. The molecule has 6 nitrogen and oxygen atoms in total.